The standard InChI is InChI=1S/C28H32N4O.C2H2/c1-31-18-21(17-30-31)27-11-10-19(16-29-27)14-20-15-26-25(24-9-5-8-23(20)24)12-13-32(28(26)33)22-6-3-2-4-7-22;1-2/h10-11,15-18,22H,2-9,12-14H2,1H3;1-2H. The number of benzene rings is 1. The van der Waals surface area contributed by atoms with Gasteiger partial charge in [-0.1, -0.05) is 25.3 Å². The number of hydrogen-bond acceptors (Lipinski definition) is 3. The van der Waals surface area contributed by atoms with Crippen LogP contribution in [0.4, 0.5) is 0 Å². The number of amides is 1. The smallest absolute Gasteiger partial charge is 0.254 e. The molecule has 0 spiro atoms. The second kappa shape index (κ2) is 10.1. The summed E-state index contributed by atoms with van der Waals surface area (Å²) >= 11 is 0. The van der Waals surface area contributed by atoms with E-state index in [1.807, 2.05) is 25.6 Å². The van der Waals surface area contributed by atoms with Crippen molar-refractivity contribution in [3.05, 3.63) is 70.2 Å². The summed E-state index contributed by atoms with van der Waals surface area (Å²) in [6.45, 7) is 0.905. The molecule has 1 amide bonds. The topological polar surface area (TPSA) is 51.0 Å². The van der Waals surface area contributed by atoms with Crippen molar-refractivity contribution < 1.29 is 4.79 Å². The molecule has 1 aliphatic heterocycles. The van der Waals surface area contributed by atoms with Crippen molar-refractivity contribution in [2.24, 2.45) is 7.05 Å². The number of aromatic nitrogens is 3. The zero-order valence-electron chi connectivity index (χ0n) is 20.7. The molecule has 1 saturated carbocycles. The maximum absolute atomic E-state index is 13.6. The Morgan fingerprint density at radius 2 is 1.77 bits per heavy atom. The van der Waals surface area contributed by atoms with E-state index in [9.17, 15) is 4.79 Å². The van der Waals surface area contributed by atoms with E-state index in [0.29, 0.717) is 6.04 Å². The van der Waals surface area contributed by atoms with Gasteiger partial charge in [0, 0.05) is 43.2 Å². The van der Waals surface area contributed by atoms with E-state index in [-0.39, 0.29) is 5.91 Å². The highest BCUT2D eigenvalue weighted by atomic mass is 16.2. The van der Waals surface area contributed by atoms with Gasteiger partial charge < -0.3 is 4.90 Å². The first-order chi connectivity index (χ1) is 17.2. The van der Waals surface area contributed by atoms with E-state index in [4.69, 9.17) is 4.98 Å². The third-order valence-corrected chi connectivity index (χ3v) is 7.94. The van der Waals surface area contributed by atoms with Crippen LogP contribution in [0.5, 0.6) is 0 Å². The molecule has 3 aliphatic rings. The predicted molar refractivity (Wildman–Crippen MR) is 139 cm³/mol. The van der Waals surface area contributed by atoms with Crippen molar-refractivity contribution >= 4 is 5.91 Å². The molecule has 2 aromatic heterocycles. The first-order valence-corrected chi connectivity index (χ1v) is 12.9. The number of carbonyl (C=O) groups excluding carboxylic acids is 1. The largest absolute Gasteiger partial charge is 0.335 e. The molecule has 0 bridgehead atoms. The van der Waals surface area contributed by atoms with Crippen molar-refractivity contribution in [2.75, 3.05) is 6.54 Å². The Bertz CT molecular complexity index is 1230. The number of hydrogen-bond donors (Lipinski definition) is 0. The zero-order chi connectivity index (χ0) is 24.4. The fraction of sp³-hybridized carbons (Fsp3) is 0.433. The maximum atomic E-state index is 13.6. The Morgan fingerprint density at radius 1 is 0.971 bits per heavy atom. The molecule has 0 unspecified atom stereocenters. The Labute approximate surface area is 208 Å². The molecule has 0 atom stereocenters. The highest BCUT2D eigenvalue weighted by Gasteiger charge is 2.34. The third kappa shape index (κ3) is 4.50. The number of aryl methyl sites for hydroxylation is 1. The molecule has 5 nitrogen and oxygen atoms in total. The van der Waals surface area contributed by atoms with Gasteiger partial charge in [-0.25, -0.2) is 0 Å². The second-order valence-electron chi connectivity index (χ2n) is 10.0. The molecule has 3 heterocycles. The van der Waals surface area contributed by atoms with Gasteiger partial charge in [0.15, 0.2) is 0 Å². The van der Waals surface area contributed by atoms with Crippen LogP contribution in [0.3, 0.4) is 0 Å². The van der Waals surface area contributed by atoms with E-state index in [0.717, 1.165) is 49.0 Å². The normalized spacial score (nSPS) is 17.5. The number of carbonyl (C=O) groups is 1. The molecule has 3 aromatic rings. The van der Waals surface area contributed by atoms with Crippen molar-refractivity contribution in [3.8, 4) is 24.1 Å². The predicted octanol–water partition coefficient (Wildman–Crippen LogP) is 5.14. The highest BCUT2D eigenvalue weighted by molar-refractivity contribution is 5.98. The van der Waals surface area contributed by atoms with Gasteiger partial charge in [0.05, 0.1) is 11.9 Å². The van der Waals surface area contributed by atoms with E-state index in [2.05, 4.69) is 41.0 Å². The molecular formula is C30H34N4O. The van der Waals surface area contributed by atoms with Crippen LogP contribution in [0.15, 0.2) is 36.8 Å². The summed E-state index contributed by atoms with van der Waals surface area (Å²) in [5, 5.41) is 4.25. The minimum absolute atomic E-state index is 0.282. The molecule has 0 saturated heterocycles. The molecule has 6 rings (SSSR count). The fourth-order valence-corrected chi connectivity index (χ4v) is 6.28. The lowest BCUT2D eigenvalue weighted by Gasteiger charge is -2.38. The Hall–Kier alpha value is -3.39. The number of fused-ring (bicyclic) bond motifs is 3. The van der Waals surface area contributed by atoms with Gasteiger partial charge in [0.2, 0.25) is 0 Å². The van der Waals surface area contributed by atoms with Gasteiger partial charge in [-0.2, -0.15) is 5.10 Å². The van der Waals surface area contributed by atoms with Crippen LogP contribution in [0, 0.1) is 12.8 Å². The van der Waals surface area contributed by atoms with Gasteiger partial charge in [-0.05, 0) is 84.9 Å². The molecule has 0 radical (unpaired) electrons. The number of pyridine rings is 1. The lowest BCUT2D eigenvalue weighted by atomic mass is 9.85. The average molecular weight is 467 g/mol. The third-order valence-electron chi connectivity index (χ3n) is 7.94. The summed E-state index contributed by atoms with van der Waals surface area (Å²) < 4.78 is 1.80. The van der Waals surface area contributed by atoms with Gasteiger partial charge in [-0.3, -0.25) is 14.5 Å². The molecule has 1 fully saturated rings. The Morgan fingerprint density at radius 3 is 2.49 bits per heavy atom. The first kappa shape index (κ1) is 23.4. The molecule has 180 valence electrons. The summed E-state index contributed by atoms with van der Waals surface area (Å²) in [6.07, 6.45) is 25.4. The monoisotopic (exact) mass is 466 g/mol. The van der Waals surface area contributed by atoms with Gasteiger partial charge >= 0.3 is 0 Å². The average Bonchev–Trinajstić information content (AvgIpc) is 3.57. The molecule has 2 aliphatic carbocycles. The minimum Gasteiger partial charge on any atom is -0.335 e. The number of rotatable bonds is 4. The van der Waals surface area contributed by atoms with E-state index in [1.54, 1.807) is 4.68 Å². The van der Waals surface area contributed by atoms with Crippen LogP contribution in [-0.4, -0.2) is 38.2 Å². The van der Waals surface area contributed by atoms with E-state index in [1.165, 1.54) is 66.3 Å². The van der Waals surface area contributed by atoms with E-state index < -0.39 is 0 Å². The maximum Gasteiger partial charge on any atom is 0.254 e. The molecule has 5 heteroatoms. The summed E-state index contributed by atoms with van der Waals surface area (Å²) in [5.74, 6) is 0.282. The fourth-order valence-electron chi connectivity index (χ4n) is 6.28. The van der Waals surface area contributed by atoms with Crippen LogP contribution in [0.25, 0.3) is 11.3 Å². The van der Waals surface area contributed by atoms with Crippen molar-refractivity contribution in [1.29, 1.82) is 0 Å². The summed E-state index contributed by atoms with van der Waals surface area (Å²) in [5.41, 5.74) is 9.84. The summed E-state index contributed by atoms with van der Waals surface area (Å²) in [6, 6.07) is 6.94. The quantitative estimate of drug-likeness (QED) is 0.500. The first-order valence-electron chi connectivity index (χ1n) is 12.9. The van der Waals surface area contributed by atoms with Crippen molar-refractivity contribution in [1.82, 2.24) is 19.7 Å². The van der Waals surface area contributed by atoms with Gasteiger partial charge in [-0.15, -0.1) is 12.8 Å². The zero-order valence-corrected chi connectivity index (χ0v) is 20.7. The molecule has 35 heavy (non-hydrogen) atoms. The van der Waals surface area contributed by atoms with Crippen LogP contribution in [0.2, 0.25) is 0 Å². The lowest BCUT2D eigenvalue weighted by molar-refractivity contribution is 0.0614. The Kier molecular flexibility index (Phi) is 6.72. The van der Waals surface area contributed by atoms with Crippen LogP contribution < -0.4 is 0 Å². The number of nitrogens with zero attached hydrogens (tertiary/aromatic N) is 4. The van der Waals surface area contributed by atoms with Crippen molar-refractivity contribution in [2.45, 2.75) is 70.3 Å². The van der Waals surface area contributed by atoms with E-state index >= 15 is 0 Å². The molecule has 1 aromatic carbocycles. The summed E-state index contributed by atoms with van der Waals surface area (Å²) in [7, 11) is 1.92. The van der Waals surface area contributed by atoms with Crippen LogP contribution in [-0.2, 0) is 32.7 Å². The van der Waals surface area contributed by atoms with Crippen molar-refractivity contribution in [3.63, 3.8) is 0 Å². The van der Waals surface area contributed by atoms with Gasteiger partial charge in [0.25, 0.3) is 5.91 Å². The molecule has 0 N–H and O–H groups in total. The number of terminal acetylenes is 1. The lowest BCUT2D eigenvalue weighted by Crippen LogP contribution is -2.45. The highest BCUT2D eigenvalue weighted by Crippen LogP contribution is 2.37. The Balaban J connectivity index is 0.00000124. The summed E-state index contributed by atoms with van der Waals surface area (Å²) in [4.78, 5) is 20.5. The SMILES string of the molecule is C#C.Cn1cc(-c2ccc(Cc3cc4c(c5c3CCC5)CCN(C3CCCCC3)C4=O)cn2)cn1. The second-order valence-corrected chi connectivity index (χ2v) is 10.0. The molecular weight excluding hydrogens is 432 g/mol. The van der Waals surface area contributed by atoms with Crippen LogP contribution >= 0.6 is 0 Å². The van der Waals surface area contributed by atoms with Crippen LogP contribution in [0.1, 0.15) is 76.7 Å². The van der Waals surface area contributed by atoms with Gasteiger partial charge in [0.1, 0.15) is 0 Å². The minimum atomic E-state index is 0.282.